The van der Waals surface area contributed by atoms with Crippen LogP contribution in [0.2, 0.25) is 0 Å². The van der Waals surface area contributed by atoms with Crippen LogP contribution in [0, 0.1) is 5.82 Å². The number of phenols is 2. The normalized spacial score (nSPS) is 13.8. The molecule has 1 aliphatic rings. The summed E-state index contributed by atoms with van der Waals surface area (Å²) in [7, 11) is -3.09. The van der Waals surface area contributed by atoms with Gasteiger partial charge >= 0.3 is 67.6 Å². The Balaban J connectivity index is 0.00000507. The van der Waals surface area contributed by atoms with Crippen LogP contribution in [-0.4, -0.2) is 115 Å². The van der Waals surface area contributed by atoms with Crippen molar-refractivity contribution in [3.05, 3.63) is 47.3 Å². The predicted molar refractivity (Wildman–Crippen MR) is 135 cm³/mol. The summed E-state index contributed by atoms with van der Waals surface area (Å²) in [5.74, 6) is -3.68. The number of rotatable bonds is 11. The third-order valence-corrected chi connectivity index (χ3v) is 6.74. The number of esters is 1. The number of anilines is 1. The van der Waals surface area contributed by atoms with Crippen molar-refractivity contribution in [1.29, 1.82) is 0 Å². The average Bonchev–Trinajstić information content (AvgIpc) is 3.10. The first-order valence-corrected chi connectivity index (χ1v) is 12.6. The molecule has 12 nitrogen and oxygen atoms in total. The Hall–Kier alpha value is -2.43. The van der Waals surface area contributed by atoms with Crippen molar-refractivity contribution < 1.29 is 46.9 Å². The van der Waals surface area contributed by atoms with Crippen molar-refractivity contribution in [3.8, 4) is 17.2 Å². The summed E-state index contributed by atoms with van der Waals surface area (Å²) in [5, 5.41) is 22.7. The van der Waals surface area contributed by atoms with Crippen LogP contribution in [0.4, 0.5) is 10.1 Å². The van der Waals surface area contributed by atoms with Gasteiger partial charge in [-0.15, -0.1) is 0 Å². The minimum atomic E-state index is -4.29. The van der Waals surface area contributed by atoms with Crippen LogP contribution in [0.1, 0.15) is 35.2 Å². The molecule has 38 heavy (non-hydrogen) atoms. The van der Waals surface area contributed by atoms with E-state index in [1.165, 1.54) is 25.3 Å². The first-order chi connectivity index (χ1) is 17.5. The Labute approximate surface area is 261 Å². The van der Waals surface area contributed by atoms with Gasteiger partial charge in [-0.25, -0.2) is 18.2 Å². The topological polar surface area (TPSA) is 172 Å². The molecule has 0 radical (unpaired) electrons. The van der Waals surface area contributed by atoms with Crippen molar-refractivity contribution >= 4 is 85.1 Å². The fourth-order valence-electron chi connectivity index (χ4n) is 3.61. The van der Waals surface area contributed by atoms with E-state index in [4.69, 9.17) is 4.74 Å². The van der Waals surface area contributed by atoms with Gasteiger partial charge in [-0.2, -0.15) is 8.42 Å². The third-order valence-electron chi connectivity index (χ3n) is 5.36. The molecule has 0 atom stereocenters. The number of benzene rings is 2. The predicted octanol–water partition coefficient (Wildman–Crippen LogP) is 0.464. The Bertz CT molecular complexity index is 1280. The van der Waals surface area contributed by atoms with Crippen LogP contribution in [0.5, 0.6) is 17.2 Å². The van der Waals surface area contributed by atoms with E-state index >= 15 is 0 Å². The second-order valence-corrected chi connectivity index (χ2v) is 9.62. The van der Waals surface area contributed by atoms with E-state index in [1.807, 2.05) is 0 Å². The SMILES string of the molecule is COC(=O)c1c(O)cccc1OCCCCNC(=O)CCc1cc(O)c(N2CC(=O)NS2(=O)=O)c(F)c1.[KH]. The number of amides is 2. The Kier molecular flexibility index (Phi) is 11.8. The van der Waals surface area contributed by atoms with Crippen molar-refractivity contribution in [2.45, 2.75) is 25.7 Å². The minimum absolute atomic E-state index is 0. The van der Waals surface area contributed by atoms with Gasteiger partial charge in [-0.1, -0.05) is 6.07 Å². The van der Waals surface area contributed by atoms with E-state index in [9.17, 15) is 37.4 Å². The number of ether oxygens (including phenoxy) is 2. The van der Waals surface area contributed by atoms with Crippen LogP contribution < -0.4 is 19.1 Å². The first-order valence-electron chi connectivity index (χ1n) is 11.2. The molecular formula is C23H27FKN3O9S. The van der Waals surface area contributed by atoms with Gasteiger partial charge in [0.1, 0.15) is 35.0 Å². The molecule has 2 aromatic rings. The Morgan fingerprint density at radius 2 is 1.92 bits per heavy atom. The summed E-state index contributed by atoms with van der Waals surface area (Å²) in [6, 6.07) is 6.55. The van der Waals surface area contributed by atoms with E-state index in [0.29, 0.717) is 23.7 Å². The number of phenolic OH excluding ortho intramolecular Hbond substituents is 2. The van der Waals surface area contributed by atoms with Crippen molar-refractivity contribution in [1.82, 2.24) is 10.0 Å². The van der Waals surface area contributed by atoms with Crippen LogP contribution in [0.25, 0.3) is 0 Å². The number of carbonyl (C=O) groups is 3. The number of hydrogen-bond acceptors (Lipinski definition) is 9. The molecule has 0 bridgehead atoms. The Morgan fingerprint density at radius 3 is 2.55 bits per heavy atom. The van der Waals surface area contributed by atoms with Gasteiger partial charge in [0.25, 0.3) is 5.91 Å². The molecule has 3 rings (SSSR count). The molecule has 1 aliphatic heterocycles. The van der Waals surface area contributed by atoms with Gasteiger partial charge in [0.2, 0.25) is 5.91 Å². The van der Waals surface area contributed by atoms with Crippen molar-refractivity contribution in [3.63, 3.8) is 0 Å². The van der Waals surface area contributed by atoms with Crippen LogP contribution in [0.3, 0.4) is 0 Å². The maximum atomic E-state index is 14.6. The number of hydrogen-bond donors (Lipinski definition) is 4. The van der Waals surface area contributed by atoms with Crippen LogP contribution in [0.15, 0.2) is 30.3 Å². The standard InChI is InChI=1S/C23H26FN3O9S.K.H/c1-35-23(32)21-16(28)5-4-6-18(21)36-10-3-2-9-25-19(30)8-7-14-11-15(24)22(17(29)12-14)27-13-20(31)26-37(27,33)34;;/h4-6,11-12,28-29H,2-3,7-10,13H2,1H3,(H,25,30)(H,26,31);;. The zero-order valence-electron chi connectivity index (χ0n) is 19.8. The summed E-state index contributed by atoms with van der Waals surface area (Å²) in [4.78, 5) is 35.3. The summed E-state index contributed by atoms with van der Waals surface area (Å²) < 4.78 is 50.7. The quantitative estimate of drug-likeness (QED) is 0.168. The number of aromatic hydroxyl groups is 2. The van der Waals surface area contributed by atoms with Gasteiger partial charge < -0.3 is 25.0 Å². The fourth-order valence-corrected chi connectivity index (χ4v) is 4.78. The van der Waals surface area contributed by atoms with Gasteiger partial charge in [-0.3, -0.25) is 9.59 Å². The number of unbranched alkanes of at least 4 members (excludes halogenated alkanes) is 1. The fraction of sp³-hybridized carbons (Fsp3) is 0.348. The molecule has 15 heteroatoms. The molecular weight excluding hydrogens is 552 g/mol. The zero-order valence-corrected chi connectivity index (χ0v) is 20.6. The number of methoxy groups -OCH3 is 1. The second kappa shape index (κ2) is 14.1. The molecule has 4 N–H and O–H groups in total. The number of nitrogens with zero attached hydrogens (tertiary/aromatic N) is 1. The van der Waals surface area contributed by atoms with E-state index in [2.05, 4.69) is 10.1 Å². The molecule has 0 aromatic heterocycles. The van der Waals surface area contributed by atoms with E-state index < -0.39 is 45.9 Å². The van der Waals surface area contributed by atoms with Crippen LogP contribution >= 0.6 is 0 Å². The van der Waals surface area contributed by atoms with Gasteiger partial charge in [0, 0.05) is 13.0 Å². The summed E-state index contributed by atoms with van der Waals surface area (Å²) >= 11 is 0. The summed E-state index contributed by atoms with van der Waals surface area (Å²) in [6.45, 7) is -0.0968. The third kappa shape index (κ3) is 8.03. The zero-order chi connectivity index (χ0) is 27.2. The summed E-state index contributed by atoms with van der Waals surface area (Å²) in [5.41, 5.74) is -0.440. The van der Waals surface area contributed by atoms with Gasteiger partial charge in [0.05, 0.1) is 13.7 Å². The van der Waals surface area contributed by atoms with Crippen molar-refractivity contribution in [2.24, 2.45) is 0 Å². The van der Waals surface area contributed by atoms with Gasteiger partial charge in [-0.05, 0) is 49.1 Å². The van der Waals surface area contributed by atoms with Crippen LogP contribution in [-0.2, 0) is 31.0 Å². The molecule has 0 saturated carbocycles. The molecule has 1 heterocycles. The average molecular weight is 580 g/mol. The number of carbonyl (C=O) groups excluding carboxylic acids is 3. The molecule has 2 amide bonds. The second-order valence-electron chi connectivity index (χ2n) is 8.03. The molecule has 2 aromatic carbocycles. The molecule has 0 unspecified atom stereocenters. The van der Waals surface area contributed by atoms with E-state index in [1.54, 1.807) is 4.72 Å². The van der Waals surface area contributed by atoms with E-state index in [0.717, 1.165) is 12.1 Å². The number of aryl methyl sites for hydroxylation is 1. The maximum absolute atomic E-state index is 14.6. The number of nitrogens with one attached hydrogen (secondary N) is 2. The van der Waals surface area contributed by atoms with Crippen molar-refractivity contribution in [2.75, 3.05) is 31.1 Å². The molecule has 202 valence electrons. The monoisotopic (exact) mass is 579 g/mol. The first kappa shape index (κ1) is 31.8. The molecule has 1 saturated heterocycles. The molecule has 1 fully saturated rings. The molecule has 0 spiro atoms. The summed E-state index contributed by atoms with van der Waals surface area (Å²) in [6.07, 6.45) is 1.16. The van der Waals surface area contributed by atoms with Gasteiger partial charge in [0.15, 0.2) is 5.82 Å². The number of halogens is 1. The van der Waals surface area contributed by atoms with E-state index in [-0.39, 0.29) is 99.4 Å². The molecule has 0 aliphatic carbocycles. The Morgan fingerprint density at radius 1 is 1.18 bits per heavy atom.